The molecule has 24 nitrogen and oxygen atoms in total. The number of hydrogen-bond acceptors (Lipinski definition) is 22. The Balaban J connectivity index is 1.57. The lowest BCUT2D eigenvalue weighted by Gasteiger charge is -2.45. The highest BCUT2D eigenvalue weighted by Crippen LogP contribution is 2.62. The fourth-order valence-electron chi connectivity index (χ4n) is 5.40. The summed E-state index contributed by atoms with van der Waals surface area (Å²) in [5.74, 6) is -5.08. The van der Waals surface area contributed by atoms with Gasteiger partial charge in [0.05, 0.1) is 12.9 Å². The van der Waals surface area contributed by atoms with Gasteiger partial charge >= 0.3 is 44.4 Å². The number of carbonyl (C=O) groups excluding carboxylic acids is 5. The lowest BCUT2D eigenvalue weighted by molar-refractivity contribution is -0.301. The zero-order chi connectivity index (χ0) is 41.0. The minimum atomic E-state index is -5.77. The van der Waals surface area contributed by atoms with Crippen LogP contribution in [0.4, 0.5) is 10.2 Å². The van der Waals surface area contributed by atoms with E-state index in [0.717, 1.165) is 51.8 Å². The Morgan fingerprint density at radius 1 is 0.945 bits per heavy atom. The average Bonchev–Trinajstić information content (AvgIpc) is 3.60. The summed E-state index contributed by atoms with van der Waals surface area (Å²) in [6.45, 7) is -2.03. The molecule has 28 heteroatoms. The SMILES string of the molecule is CC(=O)OC[C@@H](OC(C)=O)C1OC(OP(=O)(O)OP(O)(=S)OCC2OC(n3cnc4c(N)ncnc43)C(O)C2F)C(OC(C)=O)C(OC(C)=O)C1OC(C)=O. The van der Waals surface area contributed by atoms with E-state index in [0.29, 0.717) is 0 Å². The molecule has 2 fully saturated rings. The number of fused-ring (bicyclic) bond motifs is 1. The summed E-state index contributed by atoms with van der Waals surface area (Å²) in [5.41, 5.74) is 5.98. The number of halogens is 1. The topological polar surface area (TPSA) is 325 Å². The third-order valence-electron chi connectivity index (χ3n) is 7.37. The largest absolute Gasteiger partial charge is 0.481 e. The molecular weight excluding hydrogens is 811 g/mol. The first-order valence-electron chi connectivity index (χ1n) is 15.7. The summed E-state index contributed by atoms with van der Waals surface area (Å²) in [6, 6.07) is 0. The van der Waals surface area contributed by atoms with Crippen LogP contribution in [-0.4, -0.2) is 133 Å². The molecule has 2 aromatic heterocycles. The molecule has 11 unspecified atom stereocenters. The van der Waals surface area contributed by atoms with Crippen LogP contribution < -0.4 is 5.73 Å². The van der Waals surface area contributed by atoms with Crippen LogP contribution in [0.5, 0.6) is 0 Å². The highest BCUT2D eigenvalue weighted by atomic mass is 32.5. The van der Waals surface area contributed by atoms with Crippen molar-refractivity contribution < 1.29 is 94.3 Å². The standard InChI is InChI=1S/C27H36FN5O19P2S/c1-10(34)43-6-16(45-11(2)35)20-21(46-12(3)36)22(47-13(4)37)23(48-14(5)38)27(50-20)51-53(40,41)52-54(42,55)44-7-15-17(28)19(39)26(49-15)33-9-32-18-24(29)30-8-31-25(18)33/h8-9,15-17,19-23,26-27,39H,6-7H2,1-5H3,(H,40,41)(H,42,55)(H2,29,30,31)/t15?,16-,17?,19?,20?,21?,22?,23?,26?,27?,54?/m1/s1. The number of imidazole rings is 1. The first-order chi connectivity index (χ1) is 25.6. The van der Waals surface area contributed by atoms with E-state index in [4.69, 9.17) is 64.1 Å². The zero-order valence-corrected chi connectivity index (χ0v) is 31.9. The fraction of sp³-hybridized carbons (Fsp3) is 0.630. The Bertz CT molecular complexity index is 1870. The highest BCUT2D eigenvalue weighted by molar-refractivity contribution is 8.08. The van der Waals surface area contributed by atoms with Gasteiger partial charge in [0, 0.05) is 34.6 Å². The molecule has 12 atom stereocenters. The summed E-state index contributed by atoms with van der Waals surface area (Å²) in [4.78, 5) is 93.5. The maximum Gasteiger partial charge on any atom is 0.481 e. The van der Waals surface area contributed by atoms with Gasteiger partial charge in [-0.05, 0) is 11.8 Å². The molecule has 0 spiro atoms. The number of ether oxygens (including phenoxy) is 7. The summed E-state index contributed by atoms with van der Waals surface area (Å²) in [6.07, 6.45) is -16.7. The van der Waals surface area contributed by atoms with E-state index in [1.54, 1.807) is 0 Å². The van der Waals surface area contributed by atoms with Crippen LogP contribution in [0.25, 0.3) is 11.2 Å². The van der Waals surface area contributed by atoms with Gasteiger partial charge in [-0.2, -0.15) is 0 Å². The normalized spacial score (nSPS) is 29.3. The molecule has 2 saturated heterocycles. The molecule has 0 aliphatic carbocycles. The summed E-state index contributed by atoms with van der Waals surface area (Å²) >= 11 is 4.83. The predicted molar refractivity (Wildman–Crippen MR) is 177 cm³/mol. The van der Waals surface area contributed by atoms with Crippen molar-refractivity contribution >= 4 is 73.2 Å². The summed E-state index contributed by atoms with van der Waals surface area (Å²) in [5, 5.41) is 10.6. The van der Waals surface area contributed by atoms with E-state index in [2.05, 4.69) is 15.0 Å². The molecule has 2 aromatic rings. The van der Waals surface area contributed by atoms with Crippen LogP contribution in [0.15, 0.2) is 12.7 Å². The monoisotopic (exact) mass is 847 g/mol. The van der Waals surface area contributed by atoms with Gasteiger partial charge in [-0.25, -0.2) is 28.2 Å². The van der Waals surface area contributed by atoms with Gasteiger partial charge in [0.15, 0.2) is 48.3 Å². The Labute approximate surface area is 314 Å². The van der Waals surface area contributed by atoms with Crippen molar-refractivity contribution in [2.75, 3.05) is 18.9 Å². The molecule has 4 rings (SSSR count). The van der Waals surface area contributed by atoms with E-state index in [9.17, 15) is 43.4 Å². The van der Waals surface area contributed by atoms with E-state index >= 15 is 4.39 Å². The van der Waals surface area contributed by atoms with Gasteiger partial charge in [0.2, 0.25) is 6.29 Å². The Kier molecular flexibility index (Phi) is 14.4. The zero-order valence-electron chi connectivity index (χ0n) is 29.3. The van der Waals surface area contributed by atoms with Crippen LogP contribution in [0.1, 0.15) is 40.8 Å². The first kappa shape index (κ1) is 43.9. The van der Waals surface area contributed by atoms with Gasteiger partial charge in [0.25, 0.3) is 0 Å². The molecular formula is C27H36FN5O19P2S. The predicted octanol–water partition coefficient (Wildman–Crippen LogP) is -0.613. The van der Waals surface area contributed by atoms with Gasteiger partial charge in [0.1, 0.15) is 36.8 Å². The number of aromatic nitrogens is 4. The minimum absolute atomic E-state index is 0.00710. The van der Waals surface area contributed by atoms with Crippen LogP contribution >= 0.6 is 14.5 Å². The van der Waals surface area contributed by atoms with Gasteiger partial charge in [-0.15, -0.1) is 0 Å². The average molecular weight is 848 g/mol. The van der Waals surface area contributed by atoms with Crippen molar-refractivity contribution in [1.29, 1.82) is 0 Å². The molecule has 0 radical (unpaired) electrons. The number of phosphoric acid groups is 1. The van der Waals surface area contributed by atoms with Gasteiger partial charge in [-0.3, -0.25) is 33.1 Å². The van der Waals surface area contributed by atoms with E-state index < -0.39 is 119 Å². The Morgan fingerprint density at radius 2 is 1.56 bits per heavy atom. The Morgan fingerprint density at radius 3 is 2.16 bits per heavy atom. The fourth-order valence-corrected chi connectivity index (χ4v) is 8.49. The van der Waals surface area contributed by atoms with Crippen LogP contribution in [0, 0.1) is 0 Å². The molecule has 0 bridgehead atoms. The molecule has 0 saturated carbocycles. The van der Waals surface area contributed by atoms with E-state index in [1.807, 2.05) is 0 Å². The van der Waals surface area contributed by atoms with Gasteiger partial charge < -0.3 is 58.3 Å². The molecule has 2 aliphatic heterocycles. The molecule has 0 aromatic carbocycles. The van der Waals surface area contributed by atoms with Crippen molar-refractivity contribution in [3.05, 3.63) is 12.7 Å². The second-order valence-corrected chi connectivity index (χ2v) is 16.0. The van der Waals surface area contributed by atoms with Crippen molar-refractivity contribution in [2.24, 2.45) is 0 Å². The molecule has 306 valence electrons. The third-order valence-corrected chi connectivity index (χ3v) is 10.9. The van der Waals surface area contributed by atoms with E-state index in [-0.39, 0.29) is 17.0 Å². The summed E-state index contributed by atoms with van der Waals surface area (Å²) in [7, 11) is -5.77. The molecule has 5 N–H and O–H groups in total. The van der Waals surface area contributed by atoms with Crippen LogP contribution in [0.2, 0.25) is 0 Å². The van der Waals surface area contributed by atoms with Crippen molar-refractivity contribution in [2.45, 2.75) is 96.0 Å². The lowest BCUT2D eigenvalue weighted by atomic mass is 9.94. The van der Waals surface area contributed by atoms with Crippen molar-refractivity contribution in [3.63, 3.8) is 0 Å². The highest BCUT2D eigenvalue weighted by Gasteiger charge is 2.57. The summed E-state index contributed by atoms with van der Waals surface area (Å²) < 4.78 is 81.6. The number of nitrogens with zero attached hydrogens (tertiary/aromatic N) is 4. The maximum absolute atomic E-state index is 15.2. The smallest absolute Gasteiger partial charge is 0.462 e. The van der Waals surface area contributed by atoms with E-state index in [1.165, 1.54) is 0 Å². The molecule has 4 heterocycles. The van der Waals surface area contributed by atoms with Gasteiger partial charge in [-0.1, -0.05) is 0 Å². The number of esters is 5. The van der Waals surface area contributed by atoms with Crippen LogP contribution in [0.3, 0.4) is 0 Å². The third kappa shape index (κ3) is 11.4. The number of hydrogen-bond donors (Lipinski definition) is 4. The minimum Gasteiger partial charge on any atom is -0.462 e. The second kappa shape index (κ2) is 18.0. The number of aliphatic hydroxyl groups excluding tert-OH is 1. The number of rotatable bonds is 15. The number of carbonyl (C=O) groups is 5. The lowest BCUT2D eigenvalue weighted by Crippen LogP contribution is -2.65. The number of nitrogens with two attached hydrogens (primary N) is 1. The number of anilines is 1. The second-order valence-electron chi connectivity index (χ2n) is 11.6. The van der Waals surface area contributed by atoms with Crippen molar-refractivity contribution in [1.82, 2.24) is 19.5 Å². The first-order valence-corrected chi connectivity index (χ1v) is 19.8. The maximum atomic E-state index is 15.2. The van der Waals surface area contributed by atoms with Crippen LogP contribution in [-0.2, 0) is 86.9 Å². The number of aliphatic hydroxyl groups is 1. The number of alkyl halides is 1. The number of nitrogen functional groups attached to an aromatic ring is 1. The quantitative estimate of drug-likeness (QED) is 0.0986. The number of phosphoric ester groups is 1. The molecule has 2 aliphatic rings. The molecule has 0 amide bonds. The van der Waals surface area contributed by atoms with Crippen molar-refractivity contribution in [3.8, 4) is 0 Å². The molecule has 55 heavy (non-hydrogen) atoms. The Hall–Kier alpha value is -3.81.